The first-order valence-electron chi connectivity index (χ1n) is 7.33. The zero-order valence-electron chi connectivity index (χ0n) is 12.2. The Labute approximate surface area is 124 Å². The topological polar surface area (TPSA) is 61.4 Å². The van der Waals surface area contributed by atoms with Gasteiger partial charge in [-0.05, 0) is 37.1 Å². The van der Waals surface area contributed by atoms with E-state index < -0.39 is 0 Å². The second-order valence-electron chi connectivity index (χ2n) is 5.42. The van der Waals surface area contributed by atoms with Crippen LogP contribution in [0.1, 0.15) is 18.4 Å². The number of hydrogen-bond acceptors (Lipinski definition) is 4. The molecule has 1 saturated carbocycles. The summed E-state index contributed by atoms with van der Waals surface area (Å²) in [5.41, 5.74) is 3.31. The Morgan fingerprint density at radius 3 is 2.71 bits per heavy atom. The smallest absolute Gasteiger partial charge is 0.118 e. The maximum Gasteiger partial charge on any atom is 0.118 e. The van der Waals surface area contributed by atoms with Crippen LogP contribution in [0.5, 0.6) is 5.75 Å². The molecular weight excluding hydrogens is 266 g/mol. The molecule has 0 bridgehead atoms. The van der Waals surface area contributed by atoms with Gasteiger partial charge < -0.3 is 9.84 Å². The van der Waals surface area contributed by atoms with Crippen LogP contribution in [0.3, 0.4) is 0 Å². The van der Waals surface area contributed by atoms with Crippen molar-refractivity contribution in [3.05, 3.63) is 36.0 Å². The normalized spacial score (nSPS) is 14.6. The Morgan fingerprint density at radius 1 is 1.33 bits per heavy atom. The molecule has 1 aliphatic carbocycles. The van der Waals surface area contributed by atoms with Gasteiger partial charge in [-0.15, -0.1) is 0 Å². The van der Waals surface area contributed by atoms with E-state index in [4.69, 9.17) is 4.74 Å². The van der Waals surface area contributed by atoms with Gasteiger partial charge in [0.25, 0.3) is 0 Å². The first-order valence-corrected chi connectivity index (χ1v) is 7.33. The molecule has 1 heterocycles. The molecule has 5 heteroatoms. The number of aromatic amines is 1. The Balaban J connectivity index is 1.78. The molecule has 0 unspecified atom stereocenters. The molecule has 2 N–H and O–H groups in total. The number of aromatic nitrogens is 2. The van der Waals surface area contributed by atoms with Gasteiger partial charge in [0, 0.05) is 30.3 Å². The van der Waals surface area contributed by atoms with Gasteiger partial charge in [0.05, 0.1) is 25.6 Å². The number of aliphatic hydroxyl groups is 1. The predicted molar refractivity (Wildman–Crippen MR) is 81.1 cm³/mol. The van der Waals surface area contributed by atoms with Crippen LogP contribution in [0.4, 0.5) is 0 Å². The zero-order chi connectivity index (χ0) is 14.7. The Bertz CT molecular complexity index is 575. The van der Waals surface area contributed by atoms with E-state index in [1.807, 2.05) is 30.5 Å². The Kier molecular flexibility index (Phi) is 4.22. The molecule has 0 atom stereocenters. The van der Waals surface area contributed by atoms with Gasteiger partial charge in [0.1, 0.15) is 5.75 Å². The minimum Gasteiger partial charge on any atom is -0.497 e. The summed E-state index contributed by atoms with van der Waals surface area (Å²) < 4.78 is 5.19. The average molecular weight is 287 g/mol. The van der Waals surface area contributed by atoms with Crippen molar-refractivity contribution in [3.63, 3.8) is 0 Å². The minimum absolute atomic E-state index is 0.201. The fourth-order valence-electron chi connectivity index (χ4n) is 2.62. The van der Waals surface area contributed by atoms with E-state index in [9.17, 15) is 5.11 Å². The van der Waals surface area contributed by atoms with Gasteiger partial charge in [0.2, 0.25) is 0 Å². The van der Waals surface area contributed by atoms with Crippen molar-refractivity contribution < 1.29 is 9.84 Å². The van der Waals surface area contributed by atoms with E-state index in [-0.39, 0.29) is 6.61 Å². The molecule has 5 nitrogen and oxygen atoms in total. The third-order valence-corrected chi connectivity index (χ3v) is 3.92. The molecule has 2 aromatic rings. The van der Waals surface area contributed by atoms with Crippen molar-refractivity contribution in [1.29, 1.82) is 0 Å². The molecule has 1 aliphatic rings. The van der Waals surface area contributed by atoms with Crippen molar-refractivity contribution in [2.75, 3.05) is 20.3 Å². The molecule has 0 spiro atoms. The summed E-state index contributed by atoms with van der Waals surface area (Å²) in [6, 6.07) is 8.58. The van der Waals surface area contributed by atoms with Crippen molar-refractivity contribution >= 4 is 0 Å². The molecule has 0 radical (unpaired) electrons. The van der Waals surface area contributed by atoms with Crippen LogP contribution < -0.4 is 4.74 Å². The highest BCUT2D eigenvalue weighted by atomic mass is 16.5. The van der Waals surface area contributed by atoms with E-state index in [0.29, 0.717) is 6.04 Å². The summed E-state index contributed by atoms with van der Waals surface area (Å²) in [6.07, 6.45) is 4.35. The number of benzene rings is 1. The molecule has 112 valence electrons. The van der Waals surface area contributed by atoms with Crippen LogP contribution in [0.15, 0.2) is 30.5 Å². The predicted octanol–water partition coefficient (Wildman–Crippen LogP) is 2.04. The summed E-state index contributed by atoms with van der Waals surface area (Å²) in [4.78, 5) is 2.33. The summed E-state index contributed by atoms with van der Waals surface area (Å²) in [5.74, 6) is 0.847. The van der Waals surface area contributed by atoms with Crippen molar-refractivity contribution in [3.8, 4) is 17.0 Å². The van der Waals surface area contributed by atoms with Crippen molar-refractivity contribution in [2.24, 2.45) is 0 Å². The highest BCUT2D eigenvalue weighted by Gasteiger charge is 2.29. The lowest BCUT2D eigenvalue weighted by molar-refractivity contribution is 0.183. The van der Waals surface area contributed by atoms with Crippen LogP contribution in [-0.4, -0.2) is 46.5 Å². The van der Waals surface area contributed by atoms with Gasteiger partial charge >= 0.3 is 0 Å². The monoisotopic (exact) mass is 287 g/mol. The quantitative estimate of drug-likeness (QED) is 0.818. The van der Waals surface area contributed by atoms with Crippen LogP contribution in [0.2, 0.25) is 0 Å². The third kappa shape index (κ3) is 3.25. The number of H-pyrrole nitrogens is 1. The van der Waals surface area contributed by atoms with E-state index in [1.165, 1.54) is 18.4 Å². The summed E-state index contributed by atoms with van der Waals surface area (Å²) in [6.45, 7) is 1.74. The first-order chi connectivity index (χ1) is 10.3. The number of ether oxygens (including phenoxy) is 1. The number of hydrogen-bond donors (Lipinski definition) is 2. The number of nitrogens with zero attached hydrogens (tertiary/aromatic N) is 2. The van der Waals surface area contributed by atoms with Crippen molar-refractivity contribution in [2.45, 2.75) is 25.4 Å². The highest BCUT2D eigenvalue weighted by molar-refractivity contribution is 5.63. The Hall–Kier alpha value is -1.85. The molecule has 0 saturated heterocycles. The SMILES string of the molecule is COc1ccc(-c2[nH]ncc2CN(CCO)C2CC2)cc1. The second-order valence-corrected chi connectivity index (χ2v) is 5.42. The van der Waals surface area contributed by atoms with Gasteiger partial charge in [-0.3, -0.25) is 10.00 Å². The van der Waals surface area contributed by atoms with E-state index in [2.05, 4.69) is 15.1 Å². The van der Waals surface area contributed by atoms with Gasteiger partial charge in [0.15, 0.2) is 0 Å². The van der Waals surface area contributed by atoms with Crippen molar-refractivity contribution in [1.82, 2.24) is 15.1 Å². The lowest BCUT2D eigenvalue weighted by atomic mass is 10.1. The summed E-state index contributed by atoms with van der Waals surface area (Å²) in [5, 5.41) is 16.5. The molecular formula is C16H21N3O2. The number of aliphatic hydroxyl groups excluding tert-OH is 1. The zero-order valence-corrected chi connectivity index (χ0v) is 12.2. The van der Waals surface area contributed by atoms with E-state index in [1.54, 1.807) is 7.11 Å². The number of rotatable bonds is 7. The lowest BCUT2D eigenvalue weighted by Crippen LogP contribution is -2.28. The number of nitrogens with one attached hydrogen (secondary N) is 1. The van der Waals surface area contributed by atoms with Gasteiger partial charge in [-0.25, -0.2) is 0 Å². The van der Waals surface area contributed by atoms with Crippen LogP contribution in [0.25, 0.3) is 11.3 Å². The maximum atomic E-state index is 9.21. The molecule has 21 heavy (non-hydrogen) atoms. The standard InChI is InChI=1S/C16H21N3O2/c1-21-15-6-2-12(3-7-15)16-13(10-17-18-16)11-19(8-9-20)14-4-5-14/h2-3,6-7,10,14,20H,4-5,8-9,11H2,1H3,(H,17,18). The average Bonchev–Trinajstić information content (AvgIpc) is 3.27. The summed E-state index contributed by atoms with van der Waals surface area (Å²) in [7, 11) is 1.67. The fraction of sp³-hybridized carbons (Fsp3) is 0.438. The Morgan fingerprint density at radius 2 is 2.10 bits per heavy atom. The number of methoxy groups -OCH3 is 1. The second kappa shape index (κ2) is 6.28. The minimum atomic E-state index is 0.201. The third-order valence-electron chi connectivity index (χ3n) is 3.92. The molecule has 0 aliphatic heterocycles. The highest BCUT2D eigenvalue weighted by Crippen LogP contribution is 2.30. The molecule has 1 fully saturated rings. The fourth-order valence-corrected chi connectivity index (χ4v) is 2.62. The largest absolute Gasteiger partial charge is 0.497 e. The lowest BCUT2D eigenvalue weighted by Gasteiger charge is -2.20. The summed E-state index contributed by atoms with van der Waals surface area (Å²) >= 11 is 0. The van der Waals surface area contributed by atoms with Crippen LogP contribution >= 0.6 is 0 Å². The molecule has 0 amide bonds. The molecule has 1 aromatic carbocycles. The van der Waals surface area contributed by atoms with Gasteiger partial charge in [-0.2, -0.15) is 5.10 Å². The van der Waals surface area contributed by atoms with E-state index in [0.717, 1.165) is 30.1 Å². The molecule has 3 rings (SSSR count). The van der Waals surface area contributed by atoms with E-state index >= 15 is 0 Å². The van der Waals surface area contributed by atoms with Crippen LogP contribution in [0, 0.1) is 0 Å². The molecule has 1 aromatic heterocycles. The first kappa shape index (κ1) is 14.1. The van der Waals surface area contributed by atoms with Gasteiger partial charge in [-0.1, -0.05) is 0 Å². The maximum absolute atomic E-state index is 9.21. The van der Waals surface area contributed by atoms with Crippen LogP contribution in [-0.2, 0) is 6.54 Å².